The molecule has 0 aliphatic heterocycles. The highest BCUT2D eigenvalue weighted by Crippen LogP contribution is 2.22. The van der Waals surface area contributed by atoms with Crippen molar-refractivity contribution in [2.24, 2.45) is 7.05 Å². The molecule has 1 aromatic carbocycles. The van der Waals surface area contributed by atoms with Gasteiger partial charge in [-0.2, -0.15) is 0 Å². The molecule has 3 aromatic rings. The Morgan fingerprint density at radius 2 is 2.00 bits per heavy atom. The minimum atomic E-state index is -3.97. The molecule has 0 saturated carbocycles. The Bertz CT molecular complexity index is 956. The van der Waals surface area contributed by atoms with Crippen LogP contribution in [0.25, 0.3) is 10.8 Å². The van der Waals surface area contributed by atoms with E-state index in [4.69, 9.17) is 0 Å². The van der Waals surface area contributed by atoms with Gasteiger partial charge in [-0.05, 0) is 24.3 Å². The van der Waals surface area contributed by atoms with Gasteiger partial charge in [-0.1, -0.05) is 12.1 Å². The molecule has 0 saturated heterocycles. The predicted octanol–water partition coefficient (Wildman–Crippen LogP) is 1.69. The average molecular weight is 315 g/mol. The number of aryl methyl sites for hydroxylation is 1. The van der Waals surface area contributed by atoms with E-state index in [1.165, 1.54) is 12.3 Å². The Morgan fingerprint density at radius 1 is 1.18 bits per heavy atom. The summed E-state index contributed by atoms with van der Waals surface area (Å²) in [4.78, 5) is 16.1. The number of aromatic nitrogens is 2. The maximum atomic E-state index is 12.5. The highest BCUT2D eigenvalue weighted by Gasteiger charge is 2.22. The molecule has 0 bridgehead atoms. The monoisotopic (exact) mass is 315 g/mol. The Morgan fingerprint density at radius 3 is 2.73 bits per heavy atom. The van der Waals surface area contributed by atoms with Crippen LogP contribution in [-0.4, -0.2) is 23.9 Å². The minimum absolute atomic E-state index is 0.0509. The van der Waals surface area contributed by atoms with Crippen LogP contribution in [0.2, 0.25) is 0 Å². The zero-order valence-electron chi connectivity index (χ0n) is 11.7. The second-order valence-electron chi connectivity index (χ2n) is 4.79. The van der Waals surface area contributed by atoms with E-state index in [2.05, 4.69) is 9.71 Å². The van der Waals surface area contributed by atoms with Crippen molar-refractivity contribution in [2.75, 3.05) is 0 Å². The second-order valence-corrected chi connectivity index (χ2v) is 6.44. The predicted molar refractivity (Wildman–Crippen MR) is 81.8 cm³/mol. The van der Waals surface area contributed by atoms with Gasteiger partial charge in [0.15, 0.2) is 0 Å². The number of nitrogens with zero attached hydrogens (tertiary/aromatic N) is 2. The van der Waals surface area contributed by atoms with Crippen molar-refractivity contribution < 1.29 is 13.2 Å². The second kappa shape index (κ2) is 5.27. The zero-order chi connectivity index (χ0) is 15.7. The molecule has 6 nitrogen and oxygen atoms in total. The molecule has 0 fully saturated rings. The fourth-order valence-electron chi connectivity index (χ4n) is 2.25. The van der Waals surface area contributed by atoms with Gasteiger partial charge in [0.25, 0.3) is 15.9 Å². The van der Waals surface area contributed by atoms with Gasteiger partial charge in [0.05, 0.1) is 4.90 Å². The molecule has 22 heavy (non-hydrogen) atoms. The van der Waals surface area contributed by atoms with Gasteiger partial charge in [-0.25, -0.2) is 13.1 Å². The third kappa shape index (κ3) is 2.46. The number of sulfonamides is 1. The third-order valence-electron chi connectivity index (χ3n) is 3.33. The first-order valence-electron chi connectivity index (χ1n) is 6.50. The summed E-state index contributed by atoms with van der Waals surface area (Å²) in [5, 5.41) is 1.21. The minimum Gasteiger partial charge on any atom is -0.347 e. The summed E-state index contributed by atoms with van der Waals surface area (Å²) in [5.74, 6) is -0.668. The van der Waals surface area contributed by atoms with Crippen LogP contribution in [0.4, 0.5) is 0 Å². The number of amides is 1. The number of carbonyl (C=O) groups excluding carboxylic acids is 1. The molecule has 0 aliphatic rings. The van der Waals surface area contributed by atoms with E-state index >= 15 is 0 Å². The summed E-state index contributed by atoms with van der Waals surface area (Å²) >= 11 is 0. The van der Waals surface area contributed by atoms with Gasteiger partial charge in [0, 0.05) is 36.4 Å². The zero-order valence-corrected chi connectivity index (χ0v) is 12.5. The summed E-state index contributed by atoms with van der Waals surface area (Å²) in [6.07, 6.45) is 4.76. The summed E-state index contributed by atoms with van der Waals surface area (Å²) in [5.41, 5.74) is 0.269. The van der Waals surface area contributed by atoms with E-state index in [1.54, 1.807) is 54.3 Å². The van der Waals surface area contributed by atoms with Crippen LogP contribution in [0.1, 0.15) is 10.5 Å². The van der Waals surface area contributed by atoms with Gasteiger partial charge in [-0.3, -0.25) is 9.78 Å². The van der Waals surface area contributed by atoms with Gasteiger partial charge >= 0.3 is 0 Å². The fourth-order valence-corrected chi connectivity index (χ4v) is 3.45. The first kappa shape index (κ1) is 14.3. The topological polar surface area (TPSA) is 81.1 Å². The molecule has 2 aromatic heterocycles. The highest BCUT2D eigenvalue weighted by atomic mass is 32.2. The maximum absolute atomic E-state index is 12.5. The summed E-state index contributed by atoms with van der Waals surface area (Å²) in [6, 6.07) is 9.68. The smallest absolute Gasteiger partial charge is 0.281 e. The van der Waals surface area contributed by atoms with Crippen molar-refractivity contribution in [1.29, 1.82) is 0 Å². The SMILES string of the molecule is Cn1cccc1C(=O)NS(=O)(=O)c1cccc2cnccc12. The van der Waals surface area contributed by atoms with Gasteiger partial charge in [0.2, 0.25) is 0 Å². The summed E-state index contributed by atoms with van der Waals surface area (Å²) < 4.78 is 28.7. The molecule has 0 unspecified atom stereocenters. The molecule has 0 aliphatic carbocycles. The number of rotatable bonds is 3. The quantitative estimate of drug-likeness (QED) is 0.797. The first-order valence-corrected chi connectivity index (χ1v) is 7.98. The first-order chi connectivity index (χ1) is 10.5. The Labute approximate surface area is 127 Å². The lowest BCUT2D eigenvalue weighted by Gasteiger charge is -2.09. The summed E-state index contributed by atoms with van der Waals surface area (Å²) in [6.45, 7) is 0. The average Bonchev–Trinajstić information content (AvgIpc) is 2.92. The van der Waals surface area contributed by atoms with Crippen molar-refractivity contribution in [3.05, 3.63) is 60.7 Å². The Hall–Kier alpha value is -2.67. The highest BCUT2D eigenvalue weighted by molar-refractivity contribution is 7.90. The summed E-state index contributed by atoms with van der Waals surface area (Å²) in [7, 11) is -2.30. The number of hydrogen-bond acceptors (Lipinski definition) is 4. The van der Waals surface area contributed by atoms with Crippen molar-refractivity contribution in [1.82, 2.24) is 14.3 Å². The molecule has 1 N–H and O–H groups in total. The van der Waals surface area contributed by atoms with Gasteiger partial charge in [0.1, 0.15) is 5.69 Å². The lowest BCUT2D eigenvalue weighted by molar-refractivity contribution is 0.0973. The van der Waals surface area contributed by atoms with E-state index in [0.717, 1.165) is 0 Å². The molecule has 2 heterocycles. The molecule has 112 valence electrons. The van der Waals surface area contributed by atoms with Gasteiger partial charge < -0.3 is 4.57 Å². The molecular weight excluding hydrogens is 302 g/mol. The number of carbonyl (C=O) groups is 1. The van der Waals surface area contributed by atoms with Crippen LogP contribution in [-0.2, 0) is 17.1 Å². The van der Waals surface area contributed by atoms with Crippen molar-refractivity contribution >= 4 is 26.7 Å². The van der Waals surface area contributed by atoms with Crippen LogP contribution < -0.4 is 4.72 Å². The number of hydrogen-bond donors (Lipinski definition) is 1. The van der Waals surface area contributed by atoms with Crippen molar-refractivity contribution in [2.45, 2.75) is 4.90 Å². The molecule has 0 spiro atoms. The lowest BCUT2D eigenvalue weighted by Crippen LogP contribution is -2.31. The van der Waals surface area contributed by atoms with Crippen LogP contribution in [0.3, 0.4) is 0 Å². The normalized spacial score (nSPS) is 11.5. The van der Waals surface area contributed by atoms with E-state index in [0.29, 0.717) is 10.8 Å². The van der Waals surface area contributed by atoms with Gasteiger partial charge in [-0.15, -0.1) is 0 Å². The Kier molecular flexibility index (Phi) is 3.42. The number of fused-ring (bicyclic) bond motifs is 1. The van der Waals surface area contributed by atoms with Crippen molar-refractivity contribution in [3.8, 4) is 0 Å². The van der Waals surface area contributed by atoms with Crippen LogP contribution in [0, 0.1) is 0 Å². The number of pyridine rings is 1. The molecule has 1 amide bonds. The van der Waals surface area contributed by atoms with E-state index in [-0.39, 0.29) is 10.6 Å². The Balaban J connectivity index is 2.02. The molecular formula is C15H13N3O3S. The molecule has 0 radical (unpaired) electrons. The van der Waals surface area contributed by atoms with Crippen LogP contribution in [0.5, 0.6) is 0 Å². The molecule has 7 heteroatoms. The molecule has 0 atom stereocenters. The van der Waals surface area contributed by atoms with Crippen molar-refractivity contribution in [3.63, 3.8) is 0 Å². The lowest BCUT2D eigenvalue weighted by atomic mass is 10.2. The molecule has 3 rings (SSSR count). The third-order valence-corrected chi connectivity index (χ3v) is 4.72. The fraction of sp³-hybridized carbons (Fsp3) is 0.0667. The van der Waals surface area contributed by atoms with E-state index in [9.17, 15) is 13.2 Å². The van der Waals surface area contributed by atoms with Crippen LogP contribution in [0.15, 0.2) is 59.9 Å². The maximum Gasteiger partial charge on any atom is 0.281 e. The standard InChI is InChI=1S/C15H13N3O3S/c1-18-9-3-5-13(18)15(19)17-22(20,21)14-6-2-4-11-10-16-8-7-12(11)14/h2-10H,1H3,(H,17,19). The van der Waals surface area contributed by atoms with Crippen LogP contribution >= 0.6 is 0 Å². The van der Waals surface area contributed by atoms with E-state index in [1.807, 2.05) is 0 Å². The number of benzene rings is 1. The largest absolute Gasteiger partial charge is 0.347 e. The van der Waals surface area contributed by atoms with E-state index < -0.39 is 15.9 Å². The number of nitrogens with one attached hydrogen (secondary N) is 1.